The number of halogens is 16. The van der Waals surface area contributed by atoms with Crippen molar-refractivity contribution >= 4 is 5.97 Å². The fourth-order valence-corrected chi connectivity index (χ4v) is 3.87. The van der Waals surface area contributed by atoms with E-state index in [1.807, 2.05) is 0 Å². The maximum absolute atomic E-state index is 13.7. The van der Waals surface area contributed by atoms with Crippen LogP contribution in [0.3, 0.4) is 0 Å². The van der Waals surface area contributed by atoms with Gasteiger partial charge in [0, 0.05) is 11.8 Å². The van der Waals surface area contributed by atoms with Crippen LogP contribution in [0, 0.1) is 17.3 Å². The Labute approximate surface area is 190 Å². The van der Waals surface area contributed by atoms with Crippen LogP contribution in [-0.4, -0.2) is 59.8 Å². The first kappa shape index (κ1) is 32.3. The standard InChI is InChI=1S/C17H16F16O3/c1-10(6-18,13(19,20)21)9(34)36-12(16(28,29)30,17(31,32)33)8-4-2-7(3-5-8)11(35,14(22,23)24)15(25,26)27/h7-8,35H,2-6H2,1H3. The molecule has 0 aromatic rings. The summed E-state index contributed by atoms with van der Waals surface area (Å²) in [6.45, 7) is -3.27. The van der Waals surface area contributed by atoms with Crippen LogP contribution in [0.1, 0.15) is 32.6 Å². The minimum atomic E-state index is -6.80. The minimum absolute atomic E-state index is 0.406. The smallest absolute Gasteiger partial charge is 0.437 e. The lowest BCUT2D eigenvalue weighted by Crippen LogP contribution is -2.67. The van der Waals surface area contributed by atoms with Gasteiger partial charge in [-0.05, 0) is 32.6 Å². The van der Waals surface area contributed by atoms with Crippen molar-refractivity contribution in [2.75, 3.05) is 6.67 Å². The summed E-state index contributed by atoms with van der Waals surface area (Å²) in [7, 11) is 0. The van der Waals surface area contributed by atoms with E-state index in [9.17, 15) is 80.1 Å². The summed E-state index contributed by atoms with van der Waals surface area (Å²) in [5, 5.41) is 9.34. The van der Waals surface area contributed by atoms with Crippen LogP contribution in [0.25, 0.3) is 0 Å². The quantitative estimate of drug-likeness (QED) is 0.299. The highest BCUT2D eigenvalue weighted by molar-refractivity contribution is 5.78. The Morgan fingerprint density at radius 2 is 1.00 bits per heavy atom. The molecule has 0 radical (unpaired) electrons. The predicted octanol–water partition coefficient (Wildman–Crippen LogP) is 6.59. The Balaban J connectivity index is 3.57. The molecule has 1 atom stereocenters. The topological polar surface area (TPSA) is 46.5 Å². The van der Waals surface area contributed by atoms with E-state index in [2.05, 4.69) is 4.74 Å². The molecule has 1 aliphatic carbocycles. The molecule has 3 nitrogen and oxygen atoms in total. The summed E-state index contributed by atoms with van der Waals surface area (Å²) in [5.41, 5.74) is -15.9. The molecule has 1 N–H and O–H groups in total. The van der Waals surface area contributed by atoms with E-state index < -0.39 is 105 Å². The van der Waals surface area contributed by atoms with Crippen molar-refractivity contribution in [3.63, 3.8) is 0 Å². The summed E-state index contributed by atoms with van der Waals surface area (Å²) in [4.78, 5) is 11.9. The molecule has 1 unspecified atom stereocenters. The highest BCUT2D eigenvalue weighted by atomic mass is 19.4. The third-order valence-electron chi connectivity index (χ3n) is 6.20. The monoisotopic (exact) mass is 572 g/mol. The molecule has 0 bridgehead atoms. The second-order valence-corrected chi connectivity index (χ2v) is 8.39. The number of hydrogen-bond acceptors (Lipinski definition) is 3. The Kier molecular flexibility index (Phi) is 8.31. The van der Waals surface area contributed by atoms with E-state index in [4.69, 9.17) is 0 Å². The molecular formula is C17H16F16O3. The van der Waals surface area contributed by atoms with Crippen molar-refractivity contribution < 1.29 is 84.9 Å². The molecule has 0 aromatic heterocycles. The van der Waals surface area contributed by atoms with Gasteiger partial charge in [0.2, 0.25) is 0 Å². The molecule has 0 aliphatic heterocycles. The highest BCUT2D eigenvalue weighted by Gasteiger charge is 2.80. The summed E-state index contributed by atoms with van der Waals surface area (Å²) in [6.07, 6.45) is -39.9. The maximum atomic E-state index is 13.7. The number of hydrogen-bond donors (Lipinski definition) is 1. The lowest BCUT2D eigenvalue weighted by molar-refractivity contribution is -0.401. The Hall–Kier alpha value is -1.69. The molecule has 19 heteroatoms. The zero-order chi connectivity index (χ0) is 29.0. The highest BCUT2D eigenvalue weighted by Crippen LogP contribution is 2.59. The van der Waals surface area contributed by atoms with Gasteiger partial charge in [-0.2, -0.15) is 65.9 Å². The number of carbonyl (C=O) groups is 1. The van der Waals surface area contributed by atoms with Gasteiger partial charge in [-0.25, -0.2) is 4.39 Å². The van der Waals surface area contributed by atoms with Crippen molar-refractivity contribution in [3.8, 4) is 0 Å². The number of aliphatic hydroxyl groups is 1. The zero-order valence-electron chi connectivity index (χ0n) is 17.5. The molecule has 0 heterocycles. The van der Waals surface area contributed by atoms with E-state index in [1.54, 1.807) is 0 Å². The first-order valence-corrected chi connectivity index (χ1v) is 9.50. The fraction of sp³-hybridized carbons (Fsp3) is 0.941. The number of ether oxygens (including phenoxy) is 1. The van der Waals surface area contributed by atoms with E-state index >= 15 is 0 Å². The van der Waals surface area contributed by atoms with Crippen molar-refractivity contribution in [3.05, 3.63) is 0 Å². The second kappa shape index (κ2) is 9.25. The average molecular weight is 572 g/mol. The third kappa shape index (κ3) is 5.04. The van der Waals surface area contributed by atoms with Crippen molar-refractivity contribution in [1.29, 1.82) is 0 Å². The lowest BCUT2D eigenvalue weighted by atomic mass is 9.67. The van der Waals surface area contributed by atoms with Gasteiger partial charge in [0.25, 0.3) is 5.60 Å². The normalized spacial score (nSPS) is 23.3. The van der Waals surface area contributed by atoms with E-state index in [1.165, 1.54) is 0 Å². The number of carbonyl (C=O) groups excluding carboxylic acids is 1. The molecule has 1 aliphatic rings. The van der Waals surface area contributed by atoms with Gasteiger partial charge >= 0.3 is 42.5 Å². The second-order valence-electron chi connectivity index (χ2n) is 8.39. The number of esters is 1. The molecule has 1 saturated carbocycles. The summed E-state index contributed by atoms with van der Waals surface area (Å²) in [6, 6.07) is 0. The predicted molar refractivity (Wildman–Crippen MR) is 83.6 cm³/mol. The van der Waals surface area contributed by atoms with Crippen LogP contribution in [0.2, 0.25) is 0 Å². The van der Waals surface area contributed by atoms with Crippen LogP contribution >= 0.6 is 0 Å². The minimum Gasteiger partial charge on any atom is -0.438 e. The van der Waals surface area contributed by atoms with Crippen LogP contribution in [0.4, 0.5) is 70.2 Å². The largest absolute Gasteiger partial charge is 0.438 e. The first-order chi connectivity index (χ1) is 15.6. The van der Waals surface area contributed by atoms with Crippen LogP contribution < -0.4 is 0 Å². The summed E-state index contributed by atoms with van der Waals surface area (Å²) < 4.78 is 216. The first-order valence-electron chi connectivity index (χ1n) is 9.50. The van der Waals surface area contributed by atoms with Gasteiger partial charge in [0.1, 0.15) is 6.67 Å². The molecule has 214 valence electrons. The molecule has 1 rings (SSSR count). The van der Waals surface area contributed by atoms with Crippen LogP contribution in [0.15, 0.2) is 0 Å². The molecule has 0 amide bonds. The van der Waals surface area contributed by atoms with Gasteiger partial charge in [-0.1, -0.05) is 0 Å². The number of rotatable bonds is 5. The zero-order valence-corrected chi connectivity index (χ0v) is 17.5. The fourth-order valence-electron chi connectivity index (χ4n) is 3.87. The van der Waals surface area contributed by atoms with Gasteiger partial charge in [0.15, 0.2) is 5.41 Å². The van der Waals surface area contributed by atoms with Crippen LogP contribution in [0.5, 0.6) is 0 Å². The summed E-state index contributed by atoms with van der Waals surface area (Å²) in [5.74, 6) is -9.60. The molecular weight excluding hydrogens is 556 g/mol. The molecule has 0 spiro atoms. The van der Waals surface area contributed by atoms with Gasteiger partial charge in [-0.3, -0.25) is 4.79 Å². The van der Waals surface area contributed by atoms with Gasteiger partial charge in [-0.15, -0.1) is 0 Å². The van der Waals surface area contributed by atoms with E-state index in [-0.39, 0.29) is 0 Å². The lowest BCUT2D eigenvalue weighted by Gasteiger charge is -2.47. The maximum Gasteiger partial charge on any atom is 0.437 e. The Morgan fingerprint density at radius 3 is 1.25 bits per heavy atom. The molecule has 0 aromatic carbocycles. The Morgan fingerprint density at radius 1 is 0.667 bits per heavy atom. The van der Waals surface area contributed by atoms with E-state index in [0.29, 0.717) is 0 Å². The van der Waals surface area contributed by atoms with E-state index in [0.717, 1.165) is 0 Å². The van der Waals surface area contributed by atoms with Gasteiger partial charge in [0.05, 0.1) is 0 Å². The van der Waals surface area contributed by atoms with Crippen molar-refractivity contribution in [1.82, 2.24) is 0 Å². The molecule has 1 fully saturated rings. The molecule has 36 heavy (non-hydrogen) atoms. The molecule has 0 saturated heterocycles. The van der Waals surface area contributed by atoms with Crippen molar-refractivity contribution in [2.24, 2.45) is 17.3 Å². The average Bonchev–Trinajstić information content (AvgIpc) is 2.66. The third-order valence-corrected chi connectivity index (χ3v) is 6.20. The van der Waals surface area contributed by atoms with Crippen molar-refractivity contribution in [2.45, 2.75) is 74.7 Å². The van der Waals surface area contributed by atoms with Gasteiger partial charge < -0.3 is 9.84 Å². The summed E-state index contributed by atoms with van der Waals surface area (Å²) >= 11 is 0. The number of alkyl halides is 16. The van der Waals surface area contributed by atoms with Crippen LogP contribution in [-0.2, 0) is 9.53 Å². The Bertz CT molecular complexity index is 754. The SMILES string of the molecule is CC(CF)(C(=O)OC(C1CCC(C(O)(C(F)(F)F)C(F)(F)F)CC1)(C(F)(F)F)C(F)(F)F)C(F)(F)F.